The molecule has 0 fully saturated rings. The molecule has 2 atom stereocenters. The Morgan fingerprint density at radius 2 is 1.94 bits per heavy atom. The Morgan fingerprint density at radius 1 is 1.33 bits per heavy atom. The summed E-state index contributed by atoms with van der Waals surface area (Å²) < 4.78 is 0. The van der Waals surface area contributed by atoms with E-state index in [1.54, 1.807) is 0 Å². The lowest BCUT2D eigenvalue weighted by molar-refractivity contribution is -0.123. The standard InChI is InChI=1S/C14H23N3O/c1-11(10-17(2)3)16-14(18)13(15)9-12-7-5-4-6-8-12/h4-8,11,13H,9-10,15H2,1-3H3,(H,16,18). The van der Waals surface area contributed by atoms with E-state index in [9.17, 15) is 4.79 Å². The molecule has 3 N–H and O–H groups in total. The van der Waals surface area contributed by atoms with Gasteiger partial charge in [0.25, 0.3) is 0 Å². The average molecular weight is 249 g/mol. The van der Waals surface area contributed by atoms with Crippen LogP contribution in [0.2, 0.25) is 0 Å². The topological polar surface area (TPSA) is 58.4 Å². The van der Waals surface area contributed by atoms with Crippen LogP contribution in [-0.4, -0.2) is 43.5 Å². The molecule has 1 aromatic rings. The van der Waals surface area contributed by atoms with Gasteiger partial charge in [-0.3, -0.25) is 4.79 Å². The third-order valence-corrected chi connectivity index (χ3v) is 2.66. The second-order valence-electron chi connectivity index (χ2n) is 4.97. The number of nitrogens with zero attached hydrogens (tertiary/aromatic N) is 1. The molecule has 0 saturated carbocycles. The fourth-order valence-corrected chi connectivity index (χ4v) is 1.90. The van der Waals surface area contributed by atoms with Crippen molar-refractivity contribution in [1.29, 1.82) is 0 Å². The van der Waals surface area contributed by atoms with E-state index in [0.29, 0.717) is 6.42 Å². The summed E-state index contributed by atoms with van der Waals surface area (Å²) in [7, 11) is 3.96. The summed E-state index contributed by atoms with van der Waals surface area (Å²) in [6, 6.07) is 9.44. The Bertz CT molecular complexity index is 365. The van der Waals surface area contributed by atoms with Gasteiger partial charge in [0.15, 0.2) is 0 Å². The molecule has 0 saturated heterocycles. The van der Waals surface area contributed by atoms with E-state index in [0.717, 1.165) is 12.1 Å². The van der Waals surface area contributed by atoms with Crippen molar-refractivity contribution in [2.75, 3.05) is 20.6 Å². The van der Waals surface area contributed by atoms with E-state index in [4.69, 9.17) is 5.73 Å². The summed E-state index contributed by atoms with van der Waals surface area (Å²) in [4.78, 5) is 13.9. The van der Waals surface area contributed by atoms with Gasteiger partial charge in [0.1, 0.15) is 0 Å². The molecule has 0 radical (unpaired) electrons. The van der Waals surface area contributed by atoms with Crippen LogP contribution < -0.4 is 11.1 Å². The fraction of sp³-hybridized carbons (Fsp3) is 0.500. The Hall–Kier alpha value is -1.39. The van der Waals surface area contributed by atoms with Gasteiger partial charge < -0.3 is 16.0 Å². The van der Waals surface area contributed by atoms with Gasteiger partial charge in [-0.25, -0.2) is 0 Å². The van der Waals surface area contributed by atoms with Crippen LogP contribution in [0.25, 0.3) is 0 Å². The van der Waals surface area contributed by atoms with Crippen LogP contribution in [0.4, 0.5) is 0 Å². The Morgan fingerprint density at radius 3 is 2.50 bits per heavy atom. The quantitative estimate of drug-likeness (QED) is 0.777. The van der Waals surface area contributed by atoms with E-state index in [1.165, 1.54) is 0 Å². The predicted octanol–water partition coefficient (Wildman–Crippen LogP) is 0.623. The second kappa shape index (κ2) is 7.13. The van der Waals surface area contributed by atoms with Crippen molar-refractivity contribution in [1.82, 2.24) is 10.2 Å². The molecule has 1 aromatic carbocycles. The molecule has 0 aliphatic heterocycles. The highest BCUT2D eigenvalue weighted by molar-refractivity contribution is 5.82. The van der Waals surface area contributed by atoms with Gasteiger partial charge in [-0.2, -0.15) is 0 Å². The monoisotopic (exact) mass is 249 g/mol. The molecule has 0 spiro atoms. The normalized spacial score (nSPS) is 14.3. The number of rotatable bonds is 6. The smallest absolute Gasteiger partial charge is 0.237 e. The molecule has 0 aromatic heterocycles. The van der Waals surface area contributed by atoms with Gasteiger partial charge in [-0.15, -0.1) is 0 Å². The summed E-state index contributed by atoms with van der Waals surface area (Å²) in [6.07, 6.45) is 0.571. The minimum atomic E-state index is -0.489. The Balaban J connectivity index is 2.42. The van der Waals surface area contributed by atoms with E-state index in [2.05, 4.69) is 5.32 Å². The van der Waals surface area contributed by atoms with Crippen molar-refractivity contribution < 1.29 is 4.79 Å². The number of carbonyl (C=O) groups excluding carboxylic acids is 1. The molecule has 0 bridgehead atoms. The molecule has 0 aliphatic rings. The van der Waals surface area contributed by atoms with Crippen molar-refractivity contribution >= 4 is 5.91 Å². The van der Waals surface area contributed by atoms with Gasteiger partial charge in [-0.1, -0.05) is 30.3 Å². The molecule has 2 unspecified atom stereocenters. The molecule has 4 heteroatoms. The molecule has 1 amide bonds. The lowest BCUT2D eigenvalue weighted by atomic mass is 10.1. The number of nitrogens with one attached hydrogen (secondary N) is 1. The van der Waals surface area contributed by atoms with Crippen molar-refractivity contribution in [3.63, 3.8) is 0 Å². The maximum Gasteiger partial charge on any atom is 0.237 e. The van der Waals surface area contributed by atoms with Crippen LogP contribution in [0.3, 0.4) is 0 Å². The van der Waals surface area contributed by atoms with E-state index >= 15 is 0 Å². The SMILES string of the molecule is CC(CN(C)C)NC(=O)C(N)Cc1ccccc1. The zero-order chi connectivity index (χ0) is 13.5. The van der Waals surface area contributed by atoms with Gasteiger partial charge in [0.2, 0.25) is 5.91 Å². The third kappa shape index (κ3) is 5.29. The van der Waals surface area contributed by atoms with Gasteiger partial charge >= 0.3 is 0 Å². The highest BCUT2D eigenvalue weighted by Crippen LogP contribution is 2.02. The third-order valence-electron chi connectivity index (χ3n) is 2.66. The van der Waals surface area contributed by atoms with Gasteiger partial charge in [0.05, 0.1) is 6.04 Å². The lowest BCUT2D eigenvalue weighted by Gasteiger charge is -2.20. The number of benzene rings is 1. The predicted molar refractivity (Wildman–Crippen MR) is 74.3 cm³/mol. The molecular weight excluding hydrogens is 226 g/mol. The van der Waals surface area contributed by atoms with Gasteiger partial charge in [0, 0.05) is 12.6 Å². The largest absolute Gasteiger partial charge is 0.351 e. The van der Waals surface area contributed by atoms with Crippen molar-refractivity contribution in [3.05, 3.63) is 35.9 Å². The van der Waals surface area contributed by atoms with E-state index in [1.807, 2.05) is 56.3 Å². The second-order valence-corrected chi connectivity index (χ2v) is 4.97. The van der Waals surface area contributed by atoms with Crippen molar-refractivity contribution in [2.45, 2.75) is 25.4 Å². The number of hydrogen-bond acceptors (Lipinski definition) is 3. The van der Waals surface area contributed by atoms with Gasteiger partial charge in [-0.05, 0) is 33.0 Å². The van der Waals surface area contributed by atoms with Crippen LogP contribution in [0.15, 0.2) is 30.3 Å². The van der Waals surface area contributed by atoms with Crippen LogP contribution in [0.5, 0.6) is 0 Å². The Kier molecular flexibility index (Phi) is 5.82. The molecule has 0 aliphatic carbocycles. The minimum absolute atomic E-state index is 0.0896. The van der Waals surface area contributed by atoms with Crippen molar-refractivity contribution in [3.8, 4) is 0 Å². The first kappa shape index (κ1) is 14.7. The summed E-state index contributed by atoms with van der Waals surface area (Å²) >= 11 is 0. The molecule has 0 heterocycles. The summed E-state index contributed by atoms with van der Waals surface area (Å²) in [5, 5.41) is 2.93. The average Bonchev–Trinajstić information content (AvgIpc) is 2.28. The number of carbonyl (C=O) groups is 1. The highest BCUT2D eigenvalue weighted by atomic mass is 16.2. The first-order valence-corrected chi connectivity index (χ1v) is 6.23. The molecular formula is C14H23N3O. The number of nitrogens with two attached hydrogens (primary N) is 1. The van der Waals surface area contributed by atoms with Crippen LogP contribution >= 0.6 is 0 Å². The number of likely N-dealkylation sites (N-methyl/N-ethyl adjacent to an activating group) is 1. The maximum atomic E-state index is 11.9. The lowest BCUT2D eigenvalue weighted by Crippen LogP contribution is -2.48. The maximum absolute atomic E-state index is 11.9. The molecule has 100 valence electrons. The zero-order valence-electron chi connectivity index (χ0n) is 11.4. The molecule has 1 rings (SSSR count). The van der Waals surface area contributed by atoms with Crippen LogP contribution in [0, 0.1) is 0 Å². The van der Waals surface area contributed by atoms with Crippen LogP contribution in [-0.2, 0) is 11.2 Å². The Labute approximate surface area is 109 Å². The molecule has 4 nitrogen and oxygen atoms in total. The van der Waals surface area contributed by atoms with Crippen molar-refractivity contribution in [2.24, 2.45) is 5.73 Å². The molecule has 18 heavy (non-hydrogen) atoms. The fourth-order valence-electron chi connectivity index (χ4n) is 1.90. The zero-order valence-corrected chi connectivity index (χ0v) is 11.4. The first-order chi connectivity index (χ1) is 8.49. The van der Waals surface area contributed by atoms with E-state index < -0.39 is 6.04 Å². The summed E-state index contributed by atoms with van der Waals surface area (Å²) in [5.41, 5.74) is 6.99. The van der Waals surface area contributed by atoms with Crippen LogP contribution in [0.1, 0.15) is 12.5 Å². The first-order valence-electron chi connectivity index (χ1n) is 6.23. The number of hydrogen-bond donors (Lipinski definition) is 2. The minimum Gasteiger partial charge on any atom is -0.351 e. The highest BCUT2D eigenvalue weighted by Gasteiger charge is 2.16. The summed E-state index contributed by atoms with van der Waals surface area (Å²) in [6.45, 7) is 2.79. The van der Waals surface area contributed by atoms with E-state index in [-0.39, 0.29) is 11.9 Å². The number of amides is 1. The summed E-state index contributed by atoms with van der Waals surface area (Å²) in [5.74, 6) is -0.0896.